The van der Waals surface area contributed by atoms with Crippen LogP contribution in [0.15, 0.2) is 4.47 Å². The van der Waals surface area contributed by atoms with Crippen molar-refractivity contribution in [2.75, 3.05) is 7.11 Å². The van der Waals surface area contributed by atoms with Crippen molar-refractivity contribution in [3.63, 3.8) is 0 Å². The molecule has 0 amide bonds. The van der Waals surface area contributed by atoms with E-state index in [-0.39, 0.29) is 5.60 Å². The molecule has 0 N–H and O–H groups in total. The molecule has 0 spiro atoms. The van der Waals surface area contributed by atoms with Gasteiger partial charge in [0.2, 0.25) is 0 Å². The molecule has 1 fully saturated rings. The largest absolute Gasteiger partial charge is 0.370 e. The minimum Gasteiger partial charge on any atom is -0.370 e. The number of halogens is 2. The minimum absolute atomic E-state index is 0.342. The van der Waals surface area contributed by atoms with Gasteiger partial charge in [0, 0.05) is 7.11 Å². The van der Waals surface area contributed by atoms with E-state index in [1.807, 2.05) is 0 Å². The highest BCUT2D eigenvalue weighted by molar-refractivity contribution is 9.10. The third kappa shape index (κ3) is 3.11. The first-order chi connectivity index (χ1) is 9.13. The number of hydrogen-bond donors (Lipinski definition) is 0. The molecular weight excluding hydrogens is 328 g/mol. The van der Waals surface area contributed by atoms with Crippen LogP contribution < -0.4 is 0 Å². The van der Waals surface area contributed by atoms with Gasteiger partial charge in [0.25, 0.3) is 0 Å². The molecule has 0 unspecified atom stereocenters. The first kappa shape index (κ1) is 15.2. The molecule has 2 rings (SSSR count). The number of ether oxygens (including phenoxy) is 1. The Morgan fingerprint density at radius 3 is 2.53 bits per heavy atom. The van der Waals surface area contributed by atoms with E-state index in [4.69, 9.17) is 21.3 Å². The number of nitrogens with zero attached hydrogens (tertiary/aromatic N) is 2. The molecule has 0 bridgehead atoms. The van der Waals surface area contributed by atoms with Crippen molar-refractivity contribution in [3.8, 4) is 0 Å². The van der Waals surface area contributed by atoms with Gasteiger partial charge in [-0.25, -0.2) is 9.97 Å². The molecule has 3 nitrogen and oxygen atoms in total. The molecule has 1 aliphatic rings. The minimum atomic E-state index is -0.342. The maximum absolute atomic E-state index is 6.24. The summed E-state index contributed by atoms with van der Waals surface area (Å²) in [5.41, 5.74) is 0.643. The van der Waals surface area contributed by atoms with Crippen LogP contribution in [0.4, 0.5) is 0 Å². The van der Waals surface area contributed by atoms with Gasteiger partial charge in [0.1, 0.15) is 10.8 Å². The Hall–Kier alpha value is -0.190. The van der Waals surface area contributed by atoms with E-state index in [2.05, 4.69) is 27.8 Å². The second-order valence-corrected chi connectivity index (χ2v) is 6.26. The second-order valence-electron chi connectivity index (χ2n) is 5.11. The Morgan fingerprint density at radius 2 is 1.95 bits per heavy atom. The van der Waals surface area contributed by atoms with Crippen molar-refractivity contribution in [3.05, 3.63) is 21.1 Å². The molecule has 1 aromatic heterocycles. The van der Waals surface area contributed by atoms with E-state index in [1.165, 1.54) is 6.42 Å². The van der Waals surface area contributed by atoms with Crippen molar-refractivity contribution in [1.82, 2.24) is 9.97 Å². The van der Waals surface area contributed by atoms with Crippen molar-refractivity contribution in [2.45, 2.75) is 57.5 Å². The molecule has 1 aromatic rings. The molecule has 1 aliphatic carbocycles. The lowest BCUT2D eigenvalue weighted by Gasteiger charge is -2.34. The third-order valence-corrected chi connectivity index (χ3v) is 5.16. The van der Waals surface area contributed by atoms with Crippen molar-refractivity contribution in [1.29, 1.82) is 0 Å². The molecule has 0 aromatic carbocycles. The first-order valence-corrected chi connectivity index (χ1v) is 8.07. The summed E-state index contributed by atoms with van der Waals surface area (Å²) in [7, 11) is 1.75. The summed E-state index contributed by atoms with van der Waals surface area (Å²) < 4.78 is 6.62. The van der Waals surface area contributed by atoms with E-state index >= 15 is 0 Å². The third-order valence-electron chi connectivity index (χ3n) is 3.83. The van der Waals surface area contributed by atoms with Gasteiger partial charge in [0.05, 0.1) is 10.2 Å². The Kier molecular flexibility index (Phi) is 5.21. The fraction of sp³-hybridized carbons (Fsp3) is 0.714. The maximum Gasteiger partial charge on any atom is 0.162 e. The molecule has 106 valence electrons. The predicted molar refractivity (Wildman–Crippen MR) is 80.5 cm³/mol. The van der Waals surface area contributed by atoms with Crippen LogP contribution in [0.25, 0.3) is 0 Å². The zero-order valence-electron chi connectivity index (χ0n) is 11.5. The van der Waals surface area contributed by atoms with E-state index in [0.717, 1.165) is 54.5 Å². The quantitative estimate of drug-likeness (QED) is 0.744. The van der Waals surface area contributed by atoms with Crippen molar-refractivity contribution >= 4 is 27.5 Å². The first-order valence-electron chi connectivity index (χ1n) is 6.90. The monoisotopic (exact) mass is 346 g/mol. The molecule has 0 aliphatic heterocycles. The molecule has 1 saturated carbocycles. The van der Waals surface area contributed by atoms with Crippen LogP contribution in [0.5, 0.6) is 0 Å². The highest BCUT2D eigenvalue weighted by Crippen LogP contribution is 2.39. The van der Waals surface area contributed by atoms with Gasteiger partial charge < -0.3 is 4.74 Å². The smallest absolute Gasteiger partial charge is 0.162 e. The number of aromatic nitrogens is 2. The number of aryl methyl sites for hydroxylation is 1. The topological polar surface area (TPSA) is 35.0 Å². The molecule has 0 radical (unpaired) electrons. The highest BCUT2D eigenvalue weighted by atomic mass is 79.9. The fourth-order valence-electron chi connectivity index (χ4n) is 2.71. The van der Waals surface area contributed by atoms with Crippen LogP contribution in [0.1, 0.15) is 57.0 Å². The molecular formula is C14H20BrClN2O. The lowest BCUT2D eigenvalue weighted by molar-refractivity contribution is -0.0516. The predicted octanol–water partition coefficient (Wildman–Crippen LogP) is 4.65. The summed E-state index contributed by atoms with van der Waals surface area (Å²) in [6.07, 6.45) is 7.47. The van der Waals surface area contributed by atoms with Gasteiger partial charge >= 0.3 is 0 Å². The van der Waals surface area contributed by atoms with Gasteiger partial charge in [-0.05, 0) is 35.2 Å². The van der Waals surface area contributed by atoms with Gasteiger partial charge in [0.15, 0.2) is 5.82 Å². The number of rotatable bonds is 4. The summed E-state index contributed by atoms with van der Waals surface area (Å²) in [4.78, 5) is 9.19. The highest BCUT2D eigenvalue weighted by Gasteiger charge is 2.37. The van der Waals surface area contributed by atoms with E-state index < -0.39 is 0 Å². The summed E-state index contributed by atoms with van der Waals surface area (Å²) >= 11 is 9.72. The molecule has 0 atom stereocenters. The molecule has 19 heavy (non-hydrogen) atoms. The zero-order chi connectivity index (χ0) is 13.9. The number of hydrogen-bond acceptors (Lipinski definition) is 3. The van der Waals surface area contributed by atoms with Crippen LogP contribution in [0, 0.1) is 0 Å². The lowest BCUT2D eigenvalue weighted by Crippen LogP contribution is -2.33. The average Bonchev–Trinajstić information content (AvgIpc) is 2.44. The van der Waals surface area contributed by atoms with E-state index in [0.29, 0.717) is 5.15 Å². The fourth-order valence-corrected chi connectivity index (χ4v) is 3.28. The van der Waals surface area contributed by atoms with Gasteiger partial charge in [-0.15, -0.1) is 0 Å². The Bertz CT molecular complexity index is 447. The van der Waals surface area contributed by atoms with Crippen molar-refractivity contribution < 1.29 is 4.74 Å². The van der Waals surface area contributed by atoms with E-state index in [9.17, 15) is 0 Å². The molecule has 0 saturated heterocycles. The second kappa shape index (κ2) is 6.51. The van der Waals surface area contributed by atoms with Crippen LogP contribution in [0.2, 0.25) is 5.15 Å². The molecule has 1 heterocycles. The lowest BCUT2D eigenvalue weighted by atomic mass is 9.84. The normalized spacial score (nSPS) is 18.5. The summed E-state index contributed by atoms with van der Waals surface area (Å²) in [6, 6.07) is 0. The summed E-state index contributed by atoms with van der Waals surface area (Å²) in [5, 5.41) is 0.496. The zero-order valence-corrected chi connectivity index (χ0v) is 13.9. The van der Waals surface area contributed by atoms with Crippen LogP contribution >= 0.6 is 27.5 Å². The maximum atomic E-state index is 6.24. The van der Waals surface area contributed by atoms with Crippen LogP contribution in [0.3, 0.4) is 0 Å². The van der Waals surface area contributed by atoms with Gasteiger partial charge in [-0.2, -0.15) is 0 Å². The van der Waals surface area contributed by atoms with Crippen LogP contribution in [-0.2, 0) is 16.8 Å². The van der Waals surface area contributed by atoms with E-state index in [1.54, 1.807) is 7.11 Å². The van der Waals surface area contributed by atoms with Crippen LogP contribution in [-0.4, -0.2) is 17.1 Å². The standard InChI is InChI=1S/C14H20BrClN2O/c1-3-7-10-11(15)12(16)18-13(17-10)14(19-2)8-5-4-6-9-14/h3-9H2,1-2H3. The Morgan fingerprint density at radius 1 is 1.26 bits per heavy atom. The molecule has 5 heteroatoms. The number of methoxy groups -OCH3 is 1. The van der Waals surface area contributed by atoms with Gasteiger partial charge in [-0.3, -0.25) is 0 Å². The average molecular weight is 348 g/mol. The Balaban J connectivity index is 2.42. The van der Waals surface area contributed by atoms with Crippen molar-refractivity contribution in [2.24, 2.45) is 0 Å². The SMILES string of the molecule is CCCc1nc(C2(OC)CCCCC2)nc(Cl)c1Br. The van der Waals surface area contributed by atoms with Gasteiger partial charge in [-0.1, -0.05) is 44.2 Å². The summed E-state index contributed by atoms with van der Waals surface area (Å²) in [5.74, 6) is 0.756. The Labute approximate surface area is 128 Å². The summed E-state index contributed by atoms with van der Waals surface area (Å²) in [6.45, 7) is 2.13.